The summed E-state index contributed by atoms with van der Waals surface area (Å²) < 4.78 is 10.4. The van der Waals surface area contributed by atoms with Crippen molar-refractivity contribution in [2.45, 2.75) is 18.9 Å². The SMILES string of the molecule is NCCCO/C(N)=C(\N)C(Cl)=NC1CCOC1. The van der Waals surface area contributed by atoms with Gasteiger partial charge in [0, 0.05) is 6.61 Å². The summed E-state index contributed by atoms with van der Waals surface area (Å²) in [5.74, 6) is 0.0890. The molecule has 1 aliphatic rings. The first-order valence-corrected chi connectivity index (χ1v) is 5.92. The summed E-state index contributed by atoms with van der Waals surface area (Å²) in [5.41, 5.74) is 16.8. The van der Waals surface area contributed by atoms with Gasteiger partial charge in [0.1, 0.15) is 5.70 Å². The molecule has 1 heterocycles. The Morgan fingerprint density at radius 2 is 2.24 bits per heavy atom. The van der Waals surface area contributed by atoms with E-state index in [2.05, 4.69) is 4.99 Å². The van der Waals surface area contributed by atoms with E-state index in [-0.39, 0.29) is 22.8 Å². The molecule has 1 atom stereocenters. The highest BCUT2D eigenvalue weighted by atomic mass is 35.5. The zero-order valence-corrected chi connectivity index (χ0v) is 10.4. The van der Waals surface area contributed by atoms with Crippen molar-refractivity contribution in [3.05, 3.63) is 11.6 Å². The van der Waals surface area contributed by atoms with E-state index in [0.29, 0.717) is 32.8 Å². The summed E-state index contributed by atoms with van der Waals surface area (Å²) in [5, 5.41) is 0.172. The molecule has 17 heavy (non-hydrogen) atoms. The Morgan fingerprint density at radius 3 is 2.82 bits per heavy atom. The van der Waals surface area contributed by atoms with Crippen molar-refractivity contribution >= 4 is 16.8 Å². The molecule has 1 aliphatic heterocycles. The van der Waals surface area contributed by atoms with Gasteiger partial charge in [0.25, 0.3) is 0 Å². The molecule has 6 N–H and O–H groups in total. The lowest BCUT2D eigenvalue weighted by molar-refractivity contribution is 0.194. The maximum Gasteiger partial charge on any atom is 0.211 e. The predicted octanol–water partition coefficient (Wildman–Crippen LogP) is -0.135. The van der Waals surface area contributed by atoms with Gasteiger partial charge in [0.05, 0.1) is 19.3 Å². The summed E-state index contributed by atoms with van der Waals surface area (Å²) in [7, 11) is 0. The van der Waals surface area contributed by atoms with Crippen molar-refractivity contribution in [3.8, 4) is 0 Å². The first kappa shape index (κ1) is 14.1. The molecule has 0 bridgehead atoms. The van der Waals surface area contributed by atoms with Crippen LogP contribution in [0, 0.1) is 0 Å². The molecule has 0 aliphatic carbocycles. The summed E-state index contributed by atoms with van der Waals surface area (Å²) in [6.45, 7) is 2.22. The van der Waals surface area contributed by atoms with Crippen LogP contribution in [-0.2, 0) is 9.47 Å². The minimum absolute atomic E-state index is 0.0536. The second-order valence-electron chi connectivity index (χ2n) is 3.71. The second kappa shape index (κ2) is 7.37. The molecule has 1 unspecified atom stereocenters. The van der Waals surface area contributed by atoms with Crippen molar-refractivity contribution in [2.24, 2.45) is 22.2 Å². The summed E-state index contributed by atoms with van der Waals surface area (Å²) in [6.07, 6.45) is 1.55. The van der Waals surface area contributed by atoms with Crippen LogP contribution in [0.25, 0.3) is 0 Å². The van der Waals surface area contributed by atoms with Gasteiger partial charge in [-0.25, -0.2) is 0 Å². The van der Waals surface area contributed by atoms with Crippen molar-refractivity contribution < 1.29 is 9.47 Å². The lowest BCUT2D eigenvalue weighted by Gasteiger charge is -2.09. The van der Waals surface area contributed by atoms with Crippen molar-refractivity contribution in [1.29, 1.82) is 0 Å². The van der Waals surface area contributed by atoms with Gasteiger partial charge in [0.2, 0.25) is 5.88 Å². The number of hydrogen-bond donors (Lipinski definition) is 3. The smallest absolute Gasteiger partial charge is 0.211 e. The first-order valence-electron chi connectivity index (χ1n) is 5.54. The zero-order valence-electron chi connectivity index (χ0n) is 9.69. The Labute approximate surface area is 106 Å². The highest BCUT2D eigenvalue weighted by Gasteiger charge is 2.16. The van der Waals surface area contributed by atoms with Gasteiger partial charge in [-0.05, 0) is 19.4 Å². The summed E-state index contributed by atoms with van der Waals surface area (Å²) in [4.78, 5) is 4.21. The van der Waals surface area contributed by atoms with E-state index in [9.17, 15) is 0 Å². The quantitative estimate of drug-likeness (QED) is 0.351. The first-order chi connectivity index (χ1) is 8.15. The van der Waals surface area contributed by atoms with Crippen LogP contribution >= 0.6 is 11.6 Å². The fourth-order valence-electron chi connectivity index (χ4n) is 1.30. The fourth-order valence-corrected chi connectivity index (χ4v) is 1.53. The van der Waals surface area contributed by atoms with Crippen LogP contribution in [0.4, 0.5) is 0 Å². The molecule has 1 saturated heterocycles. The van der Waals surface area contributed by atoms with Gasteiger partial charge in [-0.1, -0.05) is 11.6 Å². The second-order valence-corrected chi connectivity index (χ2v) is 4.06. The van der Waals surface area contributed by atoms with Gasteiger partial charge in [-0.2, -0.15) is 0 Å². The van der Waals surface area contributed by atoms with Gasteiger partial charge < -0.3 is 26.7 Å². The molecule has 0 saturated carbocycles. The Morgan fingerprint density at radius 1 is 1.47 bits per heavy atom. The molecular formula is C10H19ClN4O2. The molecule has 0 aromatic carbocycles. The molecule has 1 rings (SSSR count). The van der Waals surface area contributed by atoms with E-state index < -0.39 is 0 Å². The van der Waals surface area contributed by atoms with Crippen LogP contribution in [0.1, 0.15) is 12.8 Å². The van der Waals surface area contributed by atoms with E-state index in [1.54, 1.807) is 0 Å². The van der Waals surface area contributed by atoms with Crippen LogP contribution in [0.15, 0.2) is 16.6 Å². The normalized spacial score (nSPS) is 22.5. The Hall–Kier alpha value is -0.980. The largest absolute Gasteiger partial charge is 0.478 e. The van der Waals surface area contributed by atoms with Crippen LogP contribution in [0.2, 0.25) is 0 Å². The Bertz CT molecular complexity index is 301. The number of rotatable bonds is 6. The van der Waals surface area contributed by atoms with Crippen LogP contribution in [0.3, 0.4) is 0 Å². The maximum atomic E-state index is 5.95. The molecule has 98 valence electrons. The monoisotopic (exact) mass is 262 g/mol. The van der Waals surface area contributed by atoms with Crippen LogP contribution < -0.4 is 17.2 Å². The third kappa shape index (κ3) is 4.80. The number of allylic oxidation sites excluding steroid dienone is 1. The number of hydrogen-bond acceptors (Lipinski definition) is 6. The summed E-state index contributed by atoms with van der Waals surface area (Å²) >= 11 is 5.95. The van der Waals surface area contributed by atoms with Gasteiger partial charge in [-0.15, -0.1) is 0 Å². The average Bonchev–Trinajstić information content (AvgIpc) is 2.81. The lowest BCUT2D eigenvalue weighted by Crippen LogP contribution is -2.20. The zero-order chi connectivity index (χ0) is 12.7. The van der Waals surface area contributed by atoms with Crippen molar-refractivity contribution in [1.82, 2.24) is 0 Å². The van der Waals surface area contributed by atoms with E-state index >= 15 is 0 Å². The van der Waals surface area contributed by atoms with E-state index in [4.69, 9.17) is 38.3 Å². The molecule has 6 nitrogen and oxygen atoms in total. The molecule has 0 spiro atoms. The number of nitrogens with zero attached hydrogens (tertiary/aromatic N) is 1. The van der Waals surface area contributed by atoms with E-state index in [1.165, 1.54) is 0 Å². The van der Waals surface area contributed by atoms with E-state index in [1.807, 2.05) is 0 Å². The molecule has 1 fully saturated rings. The average molecular weight is 263 g/mol. The lowest BCUT2D eigenvalue weighted by atomic mass is 10.3. The van der Waals surface area contributed by atoms with E-state index in [0.717, 1.165) is 6.42 Å². The van der Waals surface area contributed by atoms with Crippen molar-refractivity contribution in [3.63, 3.8) is 0 Å². The number of ether oxygens (including phenoxy) is 2. The van der Waals surface area contributed by atoms with Crippen molar-refractivity contribution in [2.75, 3.05) is 26.4 Å². The fraction of sp³-hybridized carbons (Fsp3) is 0.700. The van der Waals surface area contributed by atoms with Crippen LogP contribution in [0.5, 0.6) is 0 Å². The minimum Gasteiger partial charge on any atom is -0.478 e. The molecule has 0 aromatic rings. The maximum absolute atomic E-state index is 5.95. The predicted molar refractivity (Wildman–Crippen MR) is 67.5 cm³/mol. The standard InChI is InChI=1S/C10H19ClN4O2/c11-9(15-7-2-5-16-6-7)8(13)10(14)17-4-1-3-12/h7H,1-6,12-14H2/b10-8-,15-9?. The number of nitrogens with two attached hydrogens (primary N) is 3. The molecule has 0 aromatic heterocycles. The Kier molecular flexibility index (Phi) is 6.10. The number of aliphatic imine (C=N–C) groups is 1. The Balaban J connectivity index is 2.52. The molecular weight excluding hydrogens is 244 g/mol. The number of halogens is 1. The highest BCUT2D eigenvalue weighted by Crippen LogP contribution is 2.11. The molecule has 0 radical (unpaired) electrons. The molecule has 0 amide bonds. The highest BCUT2D eigenvalue weighted by molar-refractivity contribution is 6.69. The third-order valence-corrected chi connectivity index (χ3v) is 2.60. The third-order valence-electron chi connectivity index (χ3n) is 2.30. The minimum atomic E-state index is 0.0536. The van der Waals surface area contributed by atoms with Gasteiger partial charge >= 0.3 is 0 Å². The molecule has 7 heteroatoms. The summed E-state index contributed by atoms with van der Waals surface area (Å²) in [6, 6.07) is 0.0536. The van der Waals surface area contributed by atoms with Gasteiger partial charge in [0.15, 0.2) is 5.17 Å². The van der Waals surface area contributed by atoms with Crippen LogP contribution in [-0.4, -0.2) is 37.6 Å². The topological polar surface area (TPSA) is 109 Å². The van der Waals surface area contributed by atoms with Gasteiger partial charge in [-0.3, -0.25) is 4.99 Å².